The van der Waals surface area contributed by atoms with Crippen LogP contribution in [0.15, 0.2) is 35.3 Å². The van der Waals surface area contributed by atoms with Crippen molar-refractivity contribution >= 4 is 24.5 Å². The fourth-order valence-electron chi connectivity index (χ4n) is 4.58. The predicted molar refractivity (Wildman–Crippen MR) is 134 cm³/mol. The van der Waals surface area contributed by atoms with Crippen molar-refractivity contribution in [3.8, 4) is 11.1 Å². The molecule has 0 aliphatic carbocycles. The lowest BCUT2D eigenvalue weighted by atomic mass is 9.99. The molecule has 1 saturated heterocycles. The molecule has 1 fully saturated rings. The largest absolute Gasteiger partial charge is 0.381 e. The number of imidazole rings is 1. The zero-order valence-electron chi connectivity index (χ0n) is 19.7. The van der Waals surface area contributed by atoms with E-state index in [1.165, 1.54) is 0 Å². The standard InChI is InChI=1S/C25H33N3O3.H2S/c1-16(2)31-18(4)14-28-23-13-20(21-12-17(3)25(29)27(5)15-21)6-7-22(23)26-24(28)19-8-10-30-11-9-19;/h6-7,12-13,15-16,18-19H,8-11,14H2,1-5H3;1H2/t18-;/m0./s1. The van der Waals surface area contributed by atoms with Crippen molar-refractivity contribution in [2.45, 2.75) is 65.2 Å². The number of fused-ring (bicyclic) bond motifs is 1. The SMILES string of the molecule is Cc1cc(-c2ccc3nc(C4CCOCC4)n(C[C@H](C)OC(C)C)c3c2)cn(C)c1=O.S. The Morgan fingerprint density at radius 2 is 1.88 bits per heavy atom. The Labute approximate surface area is 197 Å². The van der Waals surface area contributed by atoms with Crippen LogP contribution in [-0.2, 0) is 23.1 Å². The molecular formula is C25H35N3O3S. The van der Waals surface area contributed by atoms with Crippen LogP contribution in [0.3, 0.4) is 0 Å². The molecule has 0 amide bonds. The van der Waals surface area contributed by atoms with Gasteiger partial charge in [-0.25, -0.2) is 4.98 Å². The van der Waals surface area contributed by atoms with Crippen molar-refractivity contribution in [1.29, 1.82) is 0 Å². The minimum Gasteiger partial charge on any atom is -0.381 e. The van der Waals surface area contributed by atoms with Gasteiger partial charge in [-0.2, -0.15) is 13.5 Å². The van der Waals surface area contributed by atoms with Gasteiger partial charge in [-0.05, 0) is 69.9 Å². The summed E-state index contributed by atoms with van der Waals surface area (Å²) in [6.07, 6.45) is 4.16. The Morgan fingerprint density at radius 3 is 2.53 bits per heavy atom. The van der Waals surface area contributed by atoms with Crippen LogP contribution in [0, 0.1) is 6.92 Å². The molecule has 174 valence electrons. The summed E-state index contributed by atoms with van der Waals surface area (Å²) in [6.45, 7) is 10.5. The van der Waals surface area contributed by atoms with E-state index in [0.717, 1.165) is 66.1 Å². The average molecular weight is 458 g/mol. The van der Waals surface area contributed by atoms with Crippen molar-refractivity contribution in [2.75, 3.05) is 13.2 Å². The van der Waals surface area contributed by atoms with E-state index in [4.69, 9.17) is 14.5 Å². The minimum absolute atomic E-state index is 0. The van der Waals surface area contributed by atoms with Crippen molar-refractivity contribution in [1.82, 2.24) is 14.1 Å². The molecule has 0 spiro atoms. The van der Waals surface area contributed by atoms with Gasteiger partial charge in [-0.3, -0.25) is 4.79 Å². The number of hydrogen-bond acceptors (Lipinski definition) is 4. The number of nitrogens with zero attached hydrogens (tertiary/aromatic N) is 3. The summed E-state index contributed by atoms with van der Waals surface area (Å²) >= 11 is 0. The lowest BCUT2D eigenvalue weighted by Crippen LogP contribution is -2.24. The van der Waals surface area contributed by atoms with E-state index in [0.29, 0.717) is 5.92 Å². The van der Waals surface area contributed by atoms with E-state index in [2.05, 4.69) is 43.5 Å². The lowest BCUT2D eigenvalue weighted by molar-refractivity contribution is 0.00923. The fourth-order valence-corrected chi connectivity index (χ4v) is 4.58. The maximum Gasteiger partial charge on any atom is 0.253 e. The van der Waals surface area contributed by atoms with Crippen LogP contribution in [0.1, 0.15) is 50.9 Å². The maximum atomic E-state index is 12.1. The van der Waals surface area contributed by atoms with Crippen LogP contribution in [0.5, 0.6) is 0 Å². The van der Waals surface area contributed by atoms with E-state index >= 15 is 0 Å². The maximum absolute atomic E-state index is 12.1. The molecule has 6 nitrogen and oxygen atoms in total. The Hall–Kier alpha value is -2.09. The summed E-state index contributed by atoms with van der Waals surface area (Å²) in [4.78, 5) is 17.2. The van der Waals surface area contributed by atoms with Crippen molar-refractivity contribution in [3.63, 3.8) is 0 Å². The Bertz CT molecular complexity index is 1100. The quantitative estimate of drug-likeness (QED) is 0.546. The zero-order valence-corrected chi connectivity index (χ0v) is 20.7. The van der Waals surface area contributed by atoms with Gasteiger partial charge in [0.05, 0.1) is 29.8 Å². The normalized spacial score (nSPS) is 15.8. The zero-order chi connectivity index (χ0) is 22.1. The van der Waals surface area contributed by atoms with Gasteiger partial charge in [0, 0.05) is 37.9 Å². The number of ether oxygens (including phenoxy) is 2. The van der Waals surface area contributed by atoms with E-state index < -0.39 is 0 Å². The molecule has 0 N–H and O–H groups in total. The molecule has 1 aliphatic rings. The molecule has 1 aromatic carbocycles. The number of rotatable bonds is 6. The highest BCUT2D eigenvalue weighted by atomic mass is 32.1. The first-order chi connectivity index (χ1) is 14.8. The van der Waals surface area contributed by atoms with E-state index in [9.17, 15) is 4.79 Å². The number of benzene rings is 1. The summed E-state index contributed by atoms with van der Waals surface area (Å²) in [6, 6.07) is 8.36. The summed E-state index contributed by atoms with van der Waals surface area (Å²) in [7, 11) is 1.80. The first-order valence-electron chi connectivity index (χ1n) is 11.2. The van der Waals surface area contributed by atoms with Gasteiger partial charge in [-0.15, -0.1) is 0 Å². The molecular weight excluding hydrogens is 422 g/mol. The van der Waals surface area contributed by atoms with Gasteiger partial charge in [-0.1, -0.05) is 6.07 Å². The fraction of sp³-hybridized carbons (Fsp3) is 0.520. The number of aryl methyl sites for hydroxylation is 2. The van der Waals surface area contributed by atoms with Gasteiger partial charge in [0.1, 0.15) is 5.82 Å². The number of hydrogen-bond donors (Lipinski definition) is 0. The Kier molecular flexibility index (Phi) is 7.85. The molecule has 0 saturated carbocycles. The second-order valence-electron chi connectivity index (χ2n) is 8.99. The third-order valence-corrected chi connectivity index (χ3v) is 6.00. The van der Waals surface area contributed by atoms with Crippen LogP contribution in [0.2, 0.25) is 0 Å². The van der Waals surface area contributed by atoms with E-state index in [-0.39, 0.29) is 31.3 Å². The molecule has 32 heavy (non-hydrogen) atoms. The summed E-state index contributed by atoms with van der Waals surface area (Å²) < 4.78 is 15.6. The van der Waals surface area contributed by atoms with E-state index in [1.807, 2.05) is 19.2 Å². The highest BCUT2D eigenvalue weighted by Gasteiger charge is 2.24. The highest BCUT2D eigenvalue weighted by molar-refractivity contribution is 7.59. The first kappa shape index (κ1) is 24.6. The molecule has 7 heteroatoms. The number of pyridine rings is 1. The smallest absolute Gasteiger partial charge is 0.253 e. The van der Waals surface area contributed by atoms with Crippen LogP contribution in [0.25, 0.3) is 22.2 Å². The third kappa shape index (κ3) is 5.11. The Balaban J connectivity index is 0.00000289. The molecule has 1 aliphatic heterocycles. The van der Waals surface area contributed by atoms with Gasteiger partial charge in [0.15, 0.2) is 0 Å². The van der Waals surface area contributed by atoms with Crippen LogP contribution in [0.4, 0.5) is 0 Å². The first-order valence-corrected chi connectivity index (χ1v) is 11.2. The molecule has 1 atom stereocenters. The predicted octanol–water partition coefficient (Wildman–Crippen LogP) is 4.53. The van der Waals surface area contributed by atoms with Gasteiger partial charge >= 0.3 is 0 Å². The second-order valence-corrected chi connectivity index (χ2v) is 8.99. The second kappa shape index (κ2) is 10.2. The van der Waals surface area contributed by atoms with Crippen LogP contribution >= 0.6 is 13.5 Å². The van der Waals surface area contributed by atoms with Crippen molar-refractivity contribution < 1.29 is 9.47 Å². The van der Waals surface area contributed by atoms with Crippen molar-refractivity contribution in [2.24, 2.45) is 7.05 Å². The van der Waals surface area contributed by atoms with Gasteiger partial charge in [0.2, 0.25) is 0 Å². The molecule has 3 heterocycles. The summed E-state index contributed by atoms with van der Waals surface area (Å²) in [5.41, 5.74) is 5.02. The molecule has 3 aromatic rings. The monoisotopic (exact) mass is 457 g/mol. The highest BCUT2D eigenvalue weighted by Crippen LogP contribution is 2.32. The van der Waals surface area contributed by atoms with Crippen molar-refractivity contribution in [3.05, 3.63) is 52.2 Å². The summed E-state index contributed by atoms with van der Waals surface area (Å²) in [5, 5.41) is 0. The topological polar surface area (TPSA) is 58.3 Å². The van der Waals surface area contributed by atoms with E-state index in [1.54, 1.807) is 11.6 Å². The number of aromatic nitrogens is 3. The third-order valence-electron chi connectivity index (χ3n) is 6.00. The van der Waals surface area contributed by atoms with Crippen LogP contribution in [-0.4, -0.2) is 39.5 Å². The molecule has 0 bridgehead atoms. The Morgan fingerprint density at radius 1 is 1.16 bits per heavy atom. The molecule has 2 aromatic heterocycles. The van der Waals surface area contributed by atoms with Crippen LogP contribution < -0.4 is 5.56 Å². The average Bonchev–Trinajstić information content (AvgIpc) is 3.09. The minimum atomic E-state index is 0. The summed E-state index contributed by atoms with van der Waals surface area (Å²) in [5.74, 6) is 1.53. The van der Waals surface area contributed by atoms with Gasteiger partial charge in [0.25, 0.3) is 5.56 Å². The molecule has 4 rings (SSSR count). The molecule has 0 radical (unpaired) electrons. The molecule has 0 unspecified atom stereocenters. The lowest BCUT2D eigenvalue weighted by Gasteiger charge is -2.24. The van der Waals surface area contributed by atoms with Gasteiger partial charge < -0.3 is 18.6 Å².